The molecule has 0 bridgehead atoms. The Kier molecular flexibility index (Phi) is 5.99. The highest BCUT2D eigenvalue weighted by atomic mass is 32.2. The molecule has 2 aromatic carbocycles. The Morgan fingerprint density at radius 2 is 1.96 bits per heavy atom. The van der Waals surface area contributed by atoms with E-state index in [-0.39, 0.29) is 5.91 Å². The quantitative estimate of drug-likeness (QED) is 0.384. The number of nitrogens with zero attached hydrogens (tertiary/aromatic N) is 2. The Balaban J connectivity index is 2.19. The van der Waals surface area contributed by atoms with E-state index < -0.39 is 0 Å². The van der Waals surface area contributed by atoms with E-state index in [1.165, 1.54) is 17.3 Å². The summed E-state index contributed by atoms with van der Waals surface area (Å²) in [5.74, 6) is -0.200. The topological polar surface area (TPSA) is 77.3 Å². The number of thioether (sulfide) groups is 1. The van der Waals surface area contributed by atoms with Gasteiger partial charge in [0.2, 0.25) is 0 Å². The standard InChI is InChI=1S/C18H18N4OS/c1-12-7-8-16(9-13(12)2)21-17(23)14-5-4-6-15(10-14)22-18(24-3)20-11-19/h4-10H,1-3H3,(H,20,22)(H,21,23). The first-order valence-corrected chi connectivity index (χ1v) is 8.52. The van der Waals surface area contributed by atoms with Gasteiger partial charge in [-0.3, -0.25) is 10.1 Å². The maximum Gasteiger partial charge on any atom is 0.255 e. The number of benzene rings is 2. The van der Waals surface area contributed by atoms with Gasteiger partial charge < -0.3 is 5.32 Å². The highest BCUT2D eigenvalue weighted by Crippen LogP contribution is 2.19. The average Bonchev–Trinajstić information content (AvgIpc) is 2.58. The van der Waals surface area contributed by atoms with Crippen molar-refractivity contribution < 1.29 is 4.79 Å². The molecule has 0 unspecified atom stereocenters. The first kappa shape index (κ1) is 17.6. The minimum absolute atomic E-state index is 0.200. The molecule has 0 aromatic heterocycles. The third-order valence-electron chi connectivity index (χ3n) is 3.46. The van der Waals surface area contributed by atoms with Crippen molar-refractivity contribution >= 4 is 34.2 Å². The number of rotatable bonds is 3. The Bertz CT molecular complexity index is 824. The lowest BCUT2D eigenvalue weighted by Gasteiger charge is -2.08. The molecule has 2 rings (SSSR count). The van der Waals surface area contributed by atoms with Gasteiger partial charge in [-0.05, 0) is 61.6 Å². The van der Waals surface area contributed by atoms with Crippen molar-refractivity contribution in [2.24, 2.45) is 4.99 Å². The van der Waals surface area contributed by atoms with Crippen LogP contribution >= 0.6 is 11.8 Å². The van der Waals surface area contributed by atoms with Crippen LogP contribution in [-0.4, -0.2) is 17.3 Å². The molecule has 1 amide bonds. The lowest BCUT2D eigenvalue weighted by molar-refractivity contribution is 0.102. The van der Waals surface area contributed by atoms with Crippen molar-refractivity contribution in [3.63, 3.8) is 0 Å². The summed E-state index contributed by atoms with van der Waals surface area (Å²) in [6.45, 7) is 4.04. The van der Waals surface area contributed by atoms with E-state index in [2.05, 4.69) is 15.6 Å². The van der Waals surface area contributed by atoms with Crippen LogP contribution < -0.4 is 10.6 Å². The number of carbonyl (C=O) groups is 1. The van der Waals surface area contributed by atoms with Gasteiger partial charge in [-0.25, -0.2) is 4.99 Å². The van der Waals surface area contributed by atoms with E-state index >= 15 is 0 Å². The smallest absolute Gasteiger partial charge is 0.255 e. The molecule has 0 atom stereocenters. The zero-order valence-corrected chi connectivity index (χ0v) is 14.6. The van der Waals surface area contributed by atoms with Crippen molar-refractivity contribution in [3.05, 3.63) is 59.2 Å². The summed E-state index contributed by atoms with van der Waals surface area (Å²) >= 11 is 1.32. The van der Waals surface area contributed by atoms with E-state index in [1.807, 2.05) is 44.5 Å². The van der Waals surface area contributed by atoms with E-state index in [9.17, 15) is 4.79 Å². The predicted molar refractivity (Wildman–Crippen MR) is 99.7 cm³/mol. The third kappa shape index (κ3) is 4.61. The number of amides is 1. The zero-order chi connectivity index (χ0) is 17.5. The first-order chi connectivity index (χ1) is 11.5. The molecule has 2 N–H and O–H groups in total. The van der Waals surface area contributed by atoms with Crippen LogP contribution in [0.25, 0.3) is 0 Å². The third-order valence-corrected chi connectivity index (χ3v) is 4.04. The Morgan fingerprint density at radius 3 is 2.62 bits per heavy atom. The molecule has 0 saturated carbocycles. The molecular formula is C18H18N4OS. The predicted octanol–water partition coefficient (Wildman–Crippen LogP) is 3.98. The van der Waals surface area contributed by atoms with Crippen LogP contribution in [0.3, 0.4) is 0 Å². The van der Waals surface area contributed by atoms with E-state index in [0.29, 0.717) is 16.4 Å². The summed E-state index contributed by atoms with van der Waals surface area (Å²) in [5, 5.41) is 14.5. The number of amidine groups is 1. The van der Waals surface area contributed by atoms with Crippen molar-refractivity contribution in [1.29, 1.82) is 5.26 Å². The number of nitrogens with one attached hydrogen (secondary N) is 2. The minimum atomic E-state index is -0.200. The zero-order valence-electron chi connectivity index (χ0n) is 13.8. The van der Waals surface area contributed by atoms with Gasteiger partial charge in [-0.2, -0.15) is 5.26 Å². The van der Waals surface area contributed by atoms with E-state index in [4.69, 9.17) is 5.26 Å². The lowest BCUT2D eigenvalue weighted by Crippen LogP contribution is -2.13. The minimum Gasteiger partial charge on any atom is -0.322 e. The number of aliphatic imine (C=N–C) groups is 1. The number of nitriles is 1. The molecule has 0 aliphatic heterocycles. The van der Waals surface area contributed by atoms with Gasteiger partial charge in [0, 0.05) is 11.3 Å². The average molecular weight is 338 g/mol. The fraction of sp³-hybridized carbons (Fsp3) is 0.167. The second-order valence-corrected chi connectivity index (χ2v) is 5.96. The SMILES string of the molecule is CSC(=Nc1cccc(C(=O)Nc2ccc(C)c(C)c2)c1)NC#N. The fourth-order valence-corrected chi connectivity index (χ4v) is 2.37. The van der Waals surface area contributed by atoms with Gasteiger partial charge in [0.05, 0.1) is 5.69 Å². The highest BCUT2D eigenvalue weighted by molar-refractivity contribution is 8.13. The van der Waals surface area contributed by atoms with Crippen LogP contribution in [0.4, 0.5) is 11.4 Å². The van der Waals surface area contributed by atoms with E-state index in [0.717, 1.165) is 11.3 Å². The molecule has 0 fully saturated rings. The first-order valence-electron chi connectivity index (χ1n) is 7.30. The second kappa shape index (κ2) is 8.18. The summed E-state index contributed by atoms with van der Waals surface area (Å²) in [4.78, 5) is 16.7. The van der Waals surface area contributed by atoms with Crippen LogP contribution in [-0.2, 0) is 0 Å². The van der Waals surface area contributed by atoms with Crippen LogP contribution in [0, 0.1) is 25.3 Å². The molecule has 2 aromatic rings. The Hall–Kier alpha value is -2.78. The summed E-state index contributed by atoms with van der Waals surface area (Å²) < 4.78 is 0. The molecule has 5 nitrogen and oxygen atoms in total. The molecule has 0 spiro atoms. The van der Waals surface area contributed by atoms with Crippen molar-refractivity contribution in [2.45, 2.75) is 13.8 Å². The second-order valence-electron chi connectivity index (χ2n) is 5.16. The summed E-state index contributed by atoms with van der Waals surface area (Å²) in [6.07, 6.45) is 3.66. The molecule has 0 aliphatic rings. The maximum absolute atomic E-state index is 12.4. The number of hydrogen-bond donors (Lipinski definition) is 2. The lowest BCUT2D eigenvalue weighted by atomic mass is 10.1. The molecule has 0 radical (unpaired) electrons. The van der Waals surface area contributed by atoms with Crippen LogP contribution in [0.2, 0.25) is 0 Å². The van der Waals surface area contributed by atoms with Crippen LogP contribution in [0.1, 0.15) is 21.5 Å². The molecule has 0 saturated heterocycles. The maximum atomic E-state index is 12.4. The summed E-state index contributed by atoms with van der Waals surface area (Å²) in [5.41, 5.74) is 4.17. The van der Waals surface area contributed by atoms with Gasteiger partial charge in [0.1, 0.15) is 0 Å². The molecular weight excluding hydrogens is 320 g/mol. The fourth-order valence-electron chi connectivity index (χ4n) is 2.03. The number of aryl methyl sites for hydroxylation is 2. The van der Waals surface area contributed by atoms with Crippen molar-refractivity contribution in [1.82, 2.24) is 5.32 Å². The van der Waals surface area contributed by atoms with Crippen molar-refractivity contribution in [3.8, 4) is 6.19 Å². The molecule has 0 heterocycles. The Labute approximate surface area is 145 Å². The number of carbonyl (C=O) groups excluding carboxylic acids is 1. The van der Waals surface area contributed by atoms with Gasteiger partial charge in [0.15, 0.2) is 11.4 Å². The van der Waals surface area contributed by atoms with Crippen LogP contribution in [0.5, 0.6) is 0 Å². The summed E-state index contributed by atoms with van der Waals surface area (Å²) in [7, 11) is 0. The van der Waals surface area contributed by atoms with Gasteiger partial charge in [0.25, 0.3) is 5.91 Å². The highest BCUT2D eigenvalue weighted by Gasteiger charge is 2.08. The van der Waals surface area contributed by atoms with E-state index in [1.54, 1.807) is 24.3 Å². The molecule has 24 heavy (non-hydrogen) atoms. The normalized spacial score (nSPS) is 10.8. The van der Waals surface area contributed by atoms with Gasteiger partial charge >= 0.3 is 0 Å². The largest absolute Gasteiger partial charge is 0.322 e. The van der Waals surface area contributed by atoms with Crippen LogP contribution in [0.15, 0.2) is 47.5 Å². The van der Waals surface area contributed by atoms with Gasteiger partial charge in [-0.1, -0.05) is 23.9 Å². The summed E-state index contributed by atoms with van der Waals surface area (Å²) in [6, 6.07) is 12.8. The number of hydrogen-bond acceptors (Lipinski definition) is 4. The number of anilines is 1. The monoisotopic (exact) mass is 338 g/mol. The molecule has 122 valence electrons. The molecule has 0 aliphatic carbocycles. The van der Waals surface area contributed by atoms with Gasteiger partial charge in [-0.15, -0.1) is 0 Å². The molecule has 6 heteroatoms. The van der Waals surface area contributed by atoms with Crippen molar-refractivity contribution in [2.75, 3.05) is 11.6 Å². The Morgan fingerprint density at radius 1 is 1.17 bits per heavy atom.